The minimum absolute atomic E-state index is 0.0726. The smallest absolute Gasteiger partial charge is 0.310 e. The highest BCUT2D eigenvalue weighted by Gasteiger charge is 2.17. The number of amides is 1. The van der Waals surface area contributed by atoms with Crippen LogP contribution in [0.25, 0.3) is 0 Å². The van der Waals surface area contributed by atoms with Gasteiger partial charge in [-0.1, -0.05) is 6.92 Å². The average molecular weight is 315 g/mol. The first-order chi connectivity index (χ1) is 9.99. The molecule has 7 heteroatoms. The highest BCUT2D eigenvalue weighted by atomic mass is 35.5. The third-order valence-electron chi connectivity index (χ3n) is 3.06. The SMILES string of the molecule is COc1cc(C(=O)NCCCC(C)CCl)ccc1[N+](=O)[O-]. The number of halogens is 1. The molecule has 0 aliphatic heterocycles. The molecule has 1 amide bonds. The van der Waals surface area contributed by atoms with Gasteiger partial charge in [0.2, 0.25) is 0 Å². The van der Waals surface area contributed by atoms with E-state index in [4.69, 9.17) is 16.3 Å². The van der Waals surface area contributed by atoms with Crippen LogP contribution >= 0.6 is 11.6 Å². The largest absolute Gasteiger partial charge is 0.490 e. The quantitative estimate of drug-likeness (QED) is 0.346. The van der Waals surface area contributed by atoms with Crippen molar-refractivity contribution in [3.8, 4) is 5.75 Å². The Hall–Kier alpha value is -1.82. The molecule has 0 fully saturated rings. The van der Waals surface area contributed by atoms with Gasteiger partial charge < -0.3 is 10.1 Å². The van der Waals surface area contributed by atoms with Crippen molar-refractivity contribution in [2.45, 2.75) is 19.8 Å². The normalized spacial score (nSPS) is 11.8. The molecule has 1 unspecified atom stereocenters. The van der Waals surface area contributed by atoms with E-state index >= 15 is 0 Å². The summed E-state index contributed by atoms with van der Waals surface area (Å²) in [6.07, 6.45) is 1.77. The Kier molecular flexibility index (Phi) is 6.94. The standard InChI is InChI=1S/C14H19ClN2O4/c1-10(9-15)4-3-7-16-14(18)11-5-6-12(17(19)20)13(8-11)21-2/h5-6,8,10H,3-4,7,9H2,1-2H3,(H,16,18). The molecule has 1 aromatic rings. The van der Waals surface area contributed by atoms with E-state index in [2.05, 4.69) is 12.2 Å². The molecule has 0 bridgehead atoms. The van der Waals surface area contributed by atoms with Gasteiger partial charge in [0, 0.05) is 30.1 Å². The van der Waals surface area contributed by atoms with Gasteiger partial charge in [-0.25, -0.2) is 0 Å². The molecule has 116 valence electrons. The first-order valence-corrected chi connectivity index (χ1v) is 7.19. The number of rotatable bonds is 8. The number of nitro groups is 1. The summed E-state index contributed by atoms with van der Waals surface area (Å²) in [5.74, 6) is 0.821. The minimum atomic E-state index is -0.548. The van der Waals surface area contributed by atoms with Crippen LogP contribution in [0.2, 0.25) is 0 Å². The predicted molar refractivity (Wildman–Crippen MR) is 81.1 cm³/mol. The second kappa shape index (κ2) is 8.46. The fourth-order valence-electron chi connectivity index (χ4n) is 1.80. The summed E-state index contributed by atoms with van der Waals surface area (Å²) >= 11 is 5.71. The van der Waals surface area contributed by atoms with Crippen molar-refractivity contribution in [2.75, 3.05) is 19.5 Å². The molecule has 1 rings (SSSR count). The van der Waals surface area contributed by atoms with Crippen LogP contribution in [0.1, 0.15) is 30.1 Å². The number of nitro benzene ring substituents is 1. The van der Waals surface area contributed by atoms with Crippen LogP contribution in [0.3, 0.4) is 0 Å². The van der Waals surface area contributed by atoms with E-state index in [1.165, 1.54) is 25.3 Å². The zero-order chi connectivity index (χ0) is 15.8. The van der Waals surface area contributed by atoms with Crippen LogP contribution in [0.5, 0.6) is 5.75 Å². The molecule has 0 radical (unpaired) electrons. The Bertz CT molecular complexity index is 508. The molecule has 1 N–H and O–H groups in total. The molecular weight excluding hydrogens is 296 g/mol. The lowest BCUT2D eigenvalue weighted by atomic mass is 10.1. The van der Waals surface area contributed by atoms with Crippen LogP contribution in [-0.4, -0.2) is 30.4 Å². The van der Waals surface area contributed by atoms with Gasteiger partial charge in [0.15, 0.2) is 5.75 Å². The molecular formula is C14H19ClN2O4. The fraction of sp³-hybridized carbons (Fsp3) is 0.500. The number of benzene rings is 1. The number of alkyl halides is 1. The van der Waals surface area contributed by atoms with Crippen LogP contribution in [-0.2, 0) is 0 Å². The van der Waals surface area contributed by atoms with Gasteiger partial charge in [0.25, 0.3) is 5.91 Å². The Labute approximate surface area is 128 Å². The van der Waals surface area contributed by atoms with Crippen molar-refractivity contribution in [3.63, 3.8) is 0 Å². The molecule has 1 aromatic carbocycles. The zero-order valence-corrected chi connectivity index (χ0v) is 12.9. The van der Waals surface area contributed by atoms with E-state index in [-0.39, 0.29) is 17.3 Å². The van der Waals surface area contributed by atoms with Gasteiger partial charge in [-0.05, 0) is 24.8 Å². The molecule has 0 spiro atoms. The molecule has 1 atom stereocenters. The number of carbonyl (C=O) groups is 1. The maximum atomic E-state index is 11.9. The van der Waals surface area contributed by atoms with Gasteiger partial charge in [-0.15, -0.1) is 11.6 Å². The molecule has 0 aliphatic rings. The van der Waals surface area contributed by atoms with Crippen LogP contribution in [0.15, 0.2) is 18.2 Å². The summed E-state index contributed by atoms with van der Waals surface area (Å²) in [4.78, 5) is 22.2. The maximum absolute atomic E-state index is 11.9. The van der Waals surface area contributed by atoms with Gasteiger partial charge in [0.1, 0.15) is 0 Å². The summed E-state index contributed by atoms with van der Waals surface area (Å²) in [6, 6.07) is 4.05. The number of carbonyl (C=O) groups excluding carboxylic acids is 1. The van der Waals surface area contributed by atoms with E-state index in [9.17, 15) is 14.9 Å². The molecule has 0 saturated heterocycles. The lowest BCUT2D eigenvalue weighted by Crippen LogP contribution is -2.24. The summed E-state index contributed by atoms with van der Waals surface area (Å²) in [5, 5.41) is 13.6. The molecule has 0 aliphatic carbocycles. The van der Waals surface area contributed by atoms with Crippen molar-refractivity contribution in [3.05, 3.63) is 33.9 Å². The number of hydrogen-bond acceptors (Lipinski definition) is 4. The molecule has 6 nitrogen and oxygen atoms in total. The van der Waals surface area contributed by atoms with Gasteiger partial charge in [-0.3, -0.25) is 14.9 Å². The van der Waals surface area contributed by atoms with Crippen LogP contribution in [0, 0.1) is 16.0 Å². The Morgan fingerprint density at radius 1 is 1.52 bits per heavy atom. The summed E-state index contributed by atoms with van der Waals surface area (Å²) in [5.41, 5.74) is 0.174. The molecule has 0 saturated carbocycles. The fourth-order valence-corrected chi connectivity index (χ4v) is 1.96. The summed E-state index contributed by atoms with van der Waals surface area (Å²) < 4.78 is 4.93. The van der Waals surface area contributed by atoms with Crippen molar-refractivity contribution < 1.29 is 14.5 Å². The minimum Gasteiger partial charge on any atom is -0.490 e. The molecule has 0 heterocycles. The van der Waals surface area contributed by atoms with Crippen molar-refractivity contribution in [1.29, 1.82) is 0 Å². The molecule has 21 heavy (non-hydrogen) atoms. The van der Waals surface area contributed by atoms with E-state index < -0.39 is 4.92 Å². The Morgan fingerprint density at radius 3 is 2.81 bits per heavy atom. The first kappa shape index (κ1) is 17.2. The number of nitrogens with zero attached hydrogens (tertiary/aromatic N) is 1. The van der Waals surface area contributed by atoms with Crippen molar-refractivity contribution in [1.82, 2.24) is 5.32 Å². The van der Waals surface area contributed by atoms with Crippen LogP contribution in [0.4, 0.5) is 5.69 Å². The third-order valence-corrected chi connectivity index (χ3v) is 3.59. The second-order valence-corrected chi connectivity index (χ2v) is 5.11. The Morgan fingerprint density at radius 2 is 2.24 bits per heavy atom. The Balaban J connectivity index is 2.60. The van der Waals surface area contributed by atoms with Crippen molar-refractivity contribution in [2.24, 2.45) is 5.92 Å². The van der Waals surface area contributed by atoms with Crippen molar-refractivity contribution >= 4 is 23.2 Å². The topological polar surface area (TPSA) is 81.5 Å². The first-order valence-electron chi connectivity index (χ1n) is 6.66. The lowest BCUT2D eigenvalue weighted by molar-refractivity contribution is -0.385. The third kappa shape index (κ3) is 5.23. The average Bonchev–Trinajstić information content (AvgIpc) is 2.50. The van der Waals surface area contributed by atoms with E-state index in [0.29, 0.717) is 23.9 Å². The number of hydrogen-bond donors (Lipinski definition) is 1. The zero-order valence-electron chi connectivity index (χ0n) is 12.1. The number of methoxy groups -OCH3 is 1. The monoisotopic (exact) mass is 314 g/mol. The van der Waals surface area contributed by atoms with Gasteiger partial charge in [-0.2, -0.15) is 0 Å². The lowest BCUT2D eigenvalue weighted by Gasteiger charge is -2.09. The maximum Gasteiger partial charge on any atom is 0.310 e. The van der Waals surface area contributed by atoms with Gasteiger partial charge >= 0.3 is 5.69 Å². The predicted octanol–water partition coefficient (Wildman–Crippen LogP) is 2.99. The summed E-state index contributed by atoms with van der Waals surface area (Å²) in [7, 11) is 1.33. The highest BCUT2D eigenvalue weighted by Crippen LogP contribution is 2.27. The summed E-state index contributed by atoms with van der Waals surface area (Å²) in [6.45, 7) is 2.59. The van der Waals surface area contributed by atoms with E-state index in [0.717, 1.165) is 12.8 Å². The van der Waals surface area contributed by atoms with Crippen LogP contribution < -0.4 is 10.1 Å². The second-order valence-electron chi connectivity index (χ2n) is 4.80. The van der Waals surface area contributed by atoms with E-state index in [1.807, 2.05) is 0 Å². The number of nitrogens with one attached hydrogen (secondary N) is 1. The number of ether oxygens (including phenoxy) is 1. The van der Waals surface area contributed by atoms with E-state index in [1.54, 1.807) is 0 Å². The van der Waals surface area contributed by atoms with Gasteiger partial charge in [0.05, 0.1) is 12.0 Å². The molecule has 0 aromatic heterocycles. The highest BCUT2D eigenvalue weighted by molar-refractivity contribution is 6.18.